The quantitative estimate of drug-likeness (QED) is 0.600. The first-order valence-electron chi connectivity index (χ1n) is 3.05. The van der Waals surface area contributed by atoms with Crippen molar-refractivity contribution in [2.75, 3.05) is 19.0 Å². The van der Waals surface area contributed by atoms with Gasteiger partial charge in [0.2, 0.25) is 0 Å². The molecule has 0 saturated heterocycles. The molecule has 0 N–H and O–H groups in total. The van der Waals surface area contributed by atoms with Gasteiger partial charge < -0.3 is 4.90 Å². The largest absolute Gasteiger partial charge is 0.378 e. The van der Waals surface area contributed by atoms with Crippen LogP contribution in [-0.4, -0.2) is 14.1 Å². The number of hydrogen-bond donors (Lipinski definition) is 0. The summed E-state index contributed by atoms with van der Waals surface area (Å²) < 4.78 is 0. The minimum atomic E-state index is 0.659. The van der Waals surface area contributed by atoms with Crippen LogP contribution in [-0.2, 0) is 0 Å². The SMILES string of the molecule is CN(C)c1cc[c]c(Cl)c1. The fourth-order valence-electron chi connectivity index (χ4n) is 0.704. The Morgan fingerprint density at radius 2 is 2.20 bits per heavy atom. The molecule has 1 rings (SSSR count). The van der Waals surface area contributed by atoms with E-state index < -0.39 is 0 Å². The van der Waals surface area contributed by atoms with Crippen molar-refractivity contribution in [2.24, 2.45) is 0 Å². The van der Waals surface area contributed by atoms with Crippen LogP contribution in [0.4, 0.5) is 5.69 Å². The summed E-state index contributed by atoms with van der Waals surface area (Å²) in [5, 5.41) is 0.659. The monoisotopic (exact) mass is 154 g/mol. The maximum Gasteiger partial charge on any atom is 0.0505 e. The minimum Gasteiger partial charge on any atom is -0.378 e. The summed E-state index contributed by atoms with van der Waals surface area (Å²) in [6, 6.07) is 8.52. The smallest absolute Gasteiger partial charge is 0.0505 e. The Labute approximate surface area is 66.2 Å². The molecule has 0 fully saturated rings. The molecule has 1 aromatic rings. The molecule has 0 aliphatic carbocycles. The number of rotatable bonds is 1. The maximum absolute atomic E-state index is 5.71. The lowest BCUT2D eigenvalue weighted by Crippen LogP contribution is -2.07. The van der Waals surface area contributed by atoms with Crippen LogP contribution in [0.3, 0.4) is 0 Å². The summed E-state index contributed by atoms with van der Waals surface area (Å²) in [6.07, 6.45) is 0. The molecule has 0 aromatic heterocycles. The predicted octanol–water partition coefficient (Wildman–Crippen LogP) is 2.21. The van der Waals surface area contributed by atoms with E-state index in [4.69, 9.17) is 11.6 Å². The Morgan fingerprint density at radius 3 is 2.60 bits per heavy atom. The van der Waals surface area contributed by atoms with Gasteiger partial charge in [-0.25, -0.2) is 0 Å². The molecule has 0 amide bonds. The van der Waals surface area contributed by atoms with Gasteiger partial charge in [-0.2, -0.15) is 0 Å². The molecule has 1 nitrogen and oxygen atoms in total. The molecule has 1 radical (unpaired) electrons. The predicted molar refractivity (Wildman–Crippen MR) is 44.6 cm³/mol. The average Bonchev–Trinajstić information content (AvgIpc) is 1.88. The second kappa shape index (κ2) is 2.93. The van der Waals surface area contributed by atoms with Crippen LogP contribution >= 0.6 is 11.6 Å². The lowest BCUT2D eigenvalue weighted by Gasteiger charge is -2.11. The van der Waals surface area contributed by atoms with Crippen molar-refractivity contribution in [1.82, 2.24) is 0 Å². The summed E-state index contributed by atoms with van der Waals surface area (Å²) >= 11 is 5.71. The van der Waals surface area contributed by atoms with Crippen molar-refractivity contribution in [2.45, 2.75) is 0 Å². The van der Waals surface area contributed by atoms with E-state index in [0.29, 0.717) is 5.02 Å². The van der Waals surface area contributed by atoms with Crippen molar-refractivity contribution in [3.63, 3.8) is 0 Å². The van der Waals surface area contributed by atoms with Crippen LogP contribution in [0.25, 0.3) is 0 Å². The standard InChI is InChI=1S/C8H9ClN/c1-10(2)8-5-3-4-7(9)6-8/h3,5-6H,1-2H3. The number of halogens is 1. The first-order valence-corrected chi connectivity index (χ1v) is 3.42. The highest BCUT2D eigenvalue weighted by molar-refractivity contribution is 6.30. The summed E-state index contributed by atoms with van der Waals surface area (Å²) in [5.74, 6) is 0. The van der Waals surface area contributed by atoms with E-state index in [-0.39, 0.29) is 0 Å². The van der Waals surface area contributed by atoms with Gasteiger partial charge in [0, 0.05) is 25.8 Å². The lowest BCUT2D eigenvalue weighted by atomic mass is 10.3. The van der Waals surface area contributed by atoms with Crippen LogP contribution in [0.5, 0.6) is 0 Å². The summed E-state index contributed by atoms with van der Waals surface area (Å²) in [4.78, 5) is 2.00. The van der Waals surface area contributed by atoms with E-state index in [1.54, 1.807) is 0 Å². The third kappa shape index (κ3) is 1.64. The Balaban J connectivity index is 2.96. The Morgan fingerprint density at radius 1 is 1.50 bits per heavy atom. The molecule has 0 bridgehead atoms. The van der Waals surface area contributed by atoms with Crippen LogP contribution in [0.2, 0.25) is 5.02 Å². The summed E-state index contributed by atoms with van der Waals surface area (Å²) in [7, 11) is 3.96. The maximum atomic E-state index is 5.71. The molecule has 0 aliphatic heterocycles. The van der Waals surface area contributed by atoms with Crippen molar-refractivity contribution < 1.29 is 0 Å². The highest BCUT2D eigenvalue weighted by Crippen LogP contribution is 2.15. The number of nitrogens with zero attached hydrogens (tertiary/aromatic N) is 1. The van der Waals surface area contributed by atoms with Gasteiger partial charge in [0.15, 0.2) is 0 Å². The van der Waals surface area contributed by atoms with Gasteiger partial charge in [-0.15, -0.1) is 0 Å². The molecule has 0 heterocycles. The second-order valence-corrected chi connectivity index (χ2v) is 2.70. The van der Waals surface area contributed by atoms with E-state index in [2.05, 4.69) is 6.07 Å². The third-order valence-corrected chi connectivity index (χ3v) is 1.48. The molecule has 10 heavy (non-hydrogen) atoms. The van der Waals surface area contributed by atoms with Gasteiger partial charge in [-0.3, -0.25) is 0 Å². The second-order valence-electron chi connectivity index (χ2n) is 2.29. The van der Waals surface area contributed by atoms with Crippen LogP contribution < -0.4 is 4.90 Å². The van der Waals surface area contributed by atoms with Gasteiger partial charge in [0.1, 0.15) is 0 Å². The zero-order valence-electron chi connectivity index (χ0n) is 6.06. The molecular formula is C8H9ClN. The zero-order valence-corrected chi connectivity index (χ0v) is 6.81. The summed E-state index contributed by atoms with van der Waals surface area (Å²) in [6.45, 7) is 0. The lowest BCUT2D eigenvalue weighted by molar-refractivity contribution is 1.13. The van der Waals surface area contributed by atoms with Crippen LogP contribution in [0.1, 0.15) is 0 Å². The van der Waals surface area contributed by atoms with E-state index >= 15 is 0 Å². The van der Waals surface area contributed by atoms with Crippen molar-refractivity contribution in [3.05, 3.63) is 29.3 Å². The van der Waals surface area contributed by atoms with Crippen LogP contribution in [0.15, 0.2) is 18.2 Å². The Bertz CT molecular complexity index is 220. The zero-order chi connectivity index (χ0) is 7.56. The van der Waals surface area contributed by atoms with Gasteiger partial charge in [-0.05, 0) is 12.1 Å². The van der Waals surface area contributed by atoms with Gasteiger partial charge in [0.05, 0.1) is 5.02 Å². The van der Waals surface area contributed by atoms with Crippen molar-refractivity contribution >= 4 is 17.3 Å². The fraction of sp³-hybridized carbons (Fsp3) is 0.250. The first-order chi connectivity index (χ1) is 4.70. The highest BCUT2D eigenvalue weighted by atomic mass is 35.5. The normalized spacial score (nSPS) is 9.50. The van der Waals surface area contributed by atoms with Crippen molar-refractivity contribution in [3.8, 4) is 0 Å². The molecule has 53 valence electrons. The third-order valence-electron chi connectivity index (χ3n) is 1.27. The molecule has 2 heteroatoms. The minimum absolute atomic E-state index is 0.659. The summed E-state index contributed by atoms with van der Waals surface area (Å²) in [5.41, 5.74) is 1.10. The highest BCUT2D eigenvalue weighted by Gasteiger charge is 1.93. The molecule has 0 aliphatic rings. The number of hydrogen-bond acceptors (Lipinski definition) is 1. The van der Waals surface area contributed by atoms with E-state index in [1.807, 2.05) is 37.2 Å². The molecule has 0 saturated carbocycles. The first kappa shape index (κ1) is 7.42. The molecule has 1 aromatic carbocycles. The average molecular weight is 155 g/mol. The van der Waals surface area contributed by atoms with E-state index in [1.165, 1.54) is 0 Å². The molecular weight excluding hydrogens is 146 g/mol. The number of anilines is 1. The molecule has 0 unspecified atom stereocenters. The van der Waals surface area contributed by atoms with Crippen LogP contribution in [0, 0.1) is 6.07 Å². The molecule has 0 atom stereocenters. The van der Waals surface area contributed by atoms with Gasteiger partial charge in [-0.1, -0.05) is 17.7 Å². The topological polar surface area (TPSA) is 3.24 Å². The Kier molecular flexibility index (Phi) is 2.17. The fourth-order valence-corrected chi connectivity index (χ4v) is 0.879. The van der Waals surface area contributed by atoms with Gasteiger partial charge >= 0.3 is 0 Å². The van der Waals surface area contributed by atoms with Gasteiger partial charge in [0.25, 0.3) is 0 Å². The van der Waals surface area contributed by atoms with E-state index in [9.17, 15) is 0 Å². The molecule has 0 spiro atoms. The number of benzene rings is 1. The van der Waals surface area contributed by atoms with E-state index in [0.717, 1.165) is 5.69 Å². The Hall–Kier alpha value is -0.690. The van der Waals surface area contributed by atoms with Crippen molar-refractivity contribution in [1.29, 1.82) is 0 Å².